The molecule has 5 nitrogen and oxygen atoms in total. The molecule has 3 rings (SSSR count). The Kier molecular flexibility index (Phi) is 5.63. The van der Waals surface area contributed by atoms with Gasteiger partial charge in [-0.1, -0.05) is 15.9 Å². The molecule has 0 saturated carbocycles. The van der Waals surface area contributed by atoms with Crippen LogP contribution >= 0.6 is 15.9 Å². The lowest BCUT2D eigenvalue weighted by molar-refractivity contribution is 0.227. The van der Waals surface area contributed by atoms with E-state index in [-0.39, 0.29) is 11.8 Å². The minimum atomic E-state index is 0.157. The van der Waals surface area contributed by atoms with Crippen LogP contribution in [0.1, 0.15) is 22.7 Å². The number of rotatable bonds is 5. The SMILES string of the molecule is COc1cc2c(cc1O)[C@@H](Cc1cc(OC)c(OC)cc1[76Br])N(C)CC2. The highest BCUT2D eigenvalue weighted by Crippen LogP contribution is 2.41. The normalized spacial score (nSPS) is 16.9. The summed E-state index contributed by atoms with van der Waals surface area (Å²) in [7, 11) is 6.96. The van der Waals surface area contributed by atoms with Gasteiger partial charge in [0.2, 0.25) is 0 Å². The summed E-state index contributed by atoms with van der Waals surface area (Å²) in [6, 6.07) is 7.89. The summed E-state index contributed by atoms with van der Waals surface area (Å²) in [6.45, 7) is 0.955. The predicted molar refractivity (Wildman–Crippen MR) is 105 cm³/mol. The maximum atomic E-state index is 10.3. The molecule has 26 heavy (non-hydrogen) atoms. The molecule has 2 aromatic rings. The lowest BCUT2D eigenvalue weighted by Crippen LogP contribution is -2.33. The second-order valence-electron chi connectivity index (χ2n) is 6.47. The van der Waals surface area contributed by atoms with Crippen LogP contribution in [0.3, 0.4) is 0 Å². The Morgan fingerprint density at radius 1 is 1.04 bits per heavy atom. The van der Waals surface area contributed by atoms with Crippen LogP contribution in [0.4, 0.5) is 0 Å². The lowest BCUT2D eigenvalue weighted by Gasteiger charge is -2.35. The van der Waals surface area contributed by atoms with Crippen molar-refractivity contribution in [2.75, 3.05) is 34.9 Å². The van der Waals surface area contributed by atoms with Crippen LogP contribution in [0, 0.1) is 0 Å². The molecule has 0 spiro atoms. The highest BCUT2D eigenvalue weighted by Gasteiger charge is 2.27. The summed E-state index contributed by atoms with van der Waals surface area (Å²) in [6.07, 6.45) is 1.72. The molecule has 0 aromatic heterocycles. The largest absolute Gasteiger partial charge is 0.504 e. The third-order valence-corrected chi connectivity index (χ3v) is 5.77. The van der Waals surface area contributed by atoms with Crippen molar-refractivity contribution < 1.29 is 19.3 Å². The van der Waals surface area contributed by atoms with Gasteiger partial charge in [-0.15, -0.1) is 0 Å². The van der Waals surface area contributed by atoms with Gasteiger partial charge in [0, 0.05) is 17.1 Å². The molecule has 1 aliphatic heterocycles. The van der Waals surface area contributed by atoms with Gasteiger partial charge in [-0.2, -0.15) is 0 Å². The number of phenols is 1. The number of hydrogen-bond acceptors (Lipinski definition) is 5. The first-order valence-electron chi connectivity index (χ1n) is 8.48. The summed E-state index contributed by atoms with van der Waals surface area (Å²) < 4.78 is 17.1. The topological polar surface area (TPSA) is 51.2 Å². The van der Waals surface area contributed by atoms with Crippen molar-refractivity contribution in [3.05, 3.63) is 45.4 Å². The van der Waals surface area contributed by atoms with Crippen molar-refractivity contribution in [2.24, 2.45) is 0 Å². The fourth-order valence-electron chi connectivity index (χ4n) is 3.53. The summed E-state index contributed by atoms with van der Waals surface area (Å²) in [4.78, 5) is 2.32. The summed E-state index contributed by atoms with van der Waals surface area (Å²) in [5.74, 6) is 2.11. The van der Waals surface area contributed by atoms with Crippen molar-refractivity contribution in [1.29, 1.82) is 0 Å². The monoisotopic (exact) mass is 418 g/mol. The number of nitrogens with zero attached hydrogens (tertiary/aromatic N) is 1. The van der Waals surface area contributed by atoms with E-state index in [4.69, 9.17) is 14.2 Å². The highest BCUT2D eigenvalue weighted by molar-refractivity contribution is 9.10. The van der Waals surface area contributed by atoms with E-state index in [2.05, 4.69) is 27.9 Å². The molecule has 1 atom stereocenters. The van der Waals surface area contributed by atoms with Gasteiger partial charge in [0.05, 0.1) is 21.3 Å². The maximum absolute atomic E-state index is 10.3. The first-order chi connectivity index (χ1) is 12.5. The highest BCUT2D eigenvalue weighted by atomic mass is 75.9. The standard InChI is InChI=1S/C20H24BrNO4/c1-22-6-5-12-8-18(24-2)17(23)10-14(12)16(22)7-13-9-19(25-3)20(26-4)11-15(13)21/h8-11,16,23H,5-7H2,1-4H3/t16-/m1/s1/i21-4. The predicted octanol–water partition coefficient (Wildman–Crippen LogP) is 3.95. The second-order valence-corrected chi connectivity index (χ2v) is 7.33. The van der Waals surface area contributed by atoms with E-state index in [0.29, 0.717) is 17.2 Å². The summed E-state index contributed by atoms with van der Waals surface area (Å²) >= 11 is 3.65. The molecule has 2 aromatic carbocycles. The van der Waals surface area contributed by atoms with E-state index in [1.54, 1.807) is 21.3 Å². The fraction of sp³-hybridized carbons (Fsp3) is 0.400. The molecular weight excluding hydrogens is 394 g/mol. The van der Waals surface area contributed by atoms with E-state index in [1.165, 1.54) is 5.56 Å². The summed E-state index contributed by atoms with van der Waals surface area (Å²) in [5, 5.41) is 10.3. The zero-order valence-corrected chi connectivity index (χ0v) is 17.1. The van der Waals surface area contributed by atoms with E-state index in [1.807, 2.05) is 24.3 Å². The van der Waals surface area contributed by atoms with Crippen molar-refractivity contribution in [1.82, 2.24) is 4.90 Å². The number of fused-ring (bicyclic) bond motifs is 1. The Morgan fingerprint density at radius 2 is 1.69 bits per heavy atom. The number of aromatic hydroxyl groups is 1. The molecule has 140 valence electrons. The molecule has 1 heterocycles. The molecule has 0 saturated heterocycles. The molecular formula is C20H24BrNO4. The Bertz CT molecular complexity index is 809. The fourth-order valence-corrected chi connectivity index (χ4v) is 4.02. The van der Waals surface area contributed by atoms with Crippen molar-refractivity contribution in [3.63, 3.8) is 0 Å². The Labute approximate surface area is 162 Å². The van der Waals surface area contributed by atoms with Gasteiger partial charge in [-0.3, -0.25) is 4.90 Å². The van der Waals surface area contributed by atoms with E-state index < -0.39 is 0 Å². The quantitative estimate of drug-likeness (QED) is 0.797. The molecule has 1 aliphatic rings. The van der Waals surface area contributed by atoms with Crippen LogP contribution in [-0.4, -0.2) is 44.9 Å². The smallest absolute Gasteiger partial charge is 0.161 e. The van der Waals surface area contributed by atoms with Crippen molar-refractivity contribution in [3.8, 4) is 23.0 Å². The van der Waals surface area contributed by atoms with Crippen LogP contribution in [0.15, 0.2) is 28.7 Å². The Morgan fingerprint density at radius 3 is 2.35 bits per heavy atom. The van der Waals surface area contributed by atoms with Crippen LogP contribution < -0.4 is 14.2 Å². The van der Waals surface area contributed by atoms with Crippen molar-refractivity contribution >= 4 is 15.9 Å². The second kappa shape index (κ2) is 7.76. The number of hydrogen-bond donors (Lipinski definition) is 1. The first kappa shape index (κ1) is 18.9. The van der Waals surface area contributed by atoms with Crippen LogP contribution in [0.5, 0.6) is 23.0 Å². The third-order valence-electron chi connectivity index (χ3n) is 5.03. The van der Waals surface area contributed by atoms with Crippen LogP contribution in [0.25, 0.3) is 0 Å². The average Bonchev–Trinajstić information content (AvgIpc) is 2.64. The van der Waals surface area contributed by atoms with Gasteiger partial charge in [-0.25, -0.2) is 0 Å². The number of benzene rings is 2. The lowest BCUT2D eigenvalue weighted by atomic mass is 9.88. The van der Waals surface area contributed by atoms with Gasteiger partial charge in [-0.05, 0) is 60.8 Å². The maximum Gasteiger partial charge on any atom is 0.161 e. The number of ether oxygens (including phenoxy) is 3. The van der Waals surface area contributed by atoms with E-state index in [0.717, 1.165) is 35.0 Å². The van der Waals surface area contributed by atoms with Crippen molar-refractivity contribution in [2.45, 2.75) is 18.9 Å². The van der Waals surface area contributed by atoms with E-state index >= 15 is 0 Å². The molecule has 0 fully saturated rings. The molecule has 0 bridgehead atoms. The number of likely N-dealkylation sites (N-methyl/N-ethyl adjacent to an activating group) is 1. The van der Waals surface area contributed by atoms with Crippen LogP contribution in [-0.2, 0) is 12.8 Å². The zero-order chi connectivity index (χ0) is 18.8. The first-order valence-corrected chi connectivity index (χ1v) is 9.28. The van der Waals surface area contributed by atoms with Crippen LogP contribution in [0.2, 0.25) is 0 Å². The number of phenolic OH excluding ortho intramolecular Hbond substituents is 1. The molecule has 1 N–H and O–H groups in total. The Balaban J connectivity index is 1.99. The molecule has 0 aliphatic carbocycles. The average molecular weight is 418 g/mol. The molecule has 6 heteroatoms. The van der Waals surface area contributed by atoms with Gasteiger partial charge in [0.25, 0.3) is 0 Å². The van der Waals surface area contributed by atoms with Gasteiger partial charge in [0.15, 0.2) is 23.0 Å². The molecule has 0 radical (unpaired) electrons. The molecule has 0 amide bonds. The minimum absolute atomic E-state index is 0.157. The van der Waals surface area contributed by atoms with Gasteiger partial charge in [0.1, 0.15) is 0 Å². The van der Waals surface area contributed by atoms with Gasteiger partial charge < -0.3 is 19.3 Å². The Hall–Kier alpha value is -1.92. The van der Waals surface area contributed by atoms with E-state index in [9.17, 15) is 5.11 Å². The zero-order valence-electron chi connectivity index (χ0n) is 15.5. The number of halogens is 1. The minimum Gasteiger partial charge on any atom is -0.504 e. The molecule has 0 unspecified atom stereocenters. The number of methoxy groups -OCH3 is 3. The van der Waals surface area contributed by atoms with Gasteiger partial charge >= 0.3 is 0 Å². The third kappa shape index (κ3) is 3.48. The summed E-state index contributed by atoms with van der Waals surface area (Å²) in [5.41, 5.74) is 3.49.